The number of thiocarbonyl (C=S) groups is 1. The Hall–Kier alpha value is -3.18. The van der Waals surface area contributed by atoms with Crippen LogP contribution in [0, 0.1) is 5.82 Å². The van der Waals surface area contributed by atoms with Gasteiger partial charge in [-0.05, 0) is 42.5 Å². The van der Waals surface area contributed by atoms with Crippen LogP contribution in [0.15, 0.2) is 36.5 Å². The molecule has 2 fully saturated rings. The second kappa shape index (κ2) is 9.98. The van der Waals surface area contributed by atoms with Gasteiger partial charge in [-0.15, -0.1) is 0 Å². The van der Waals surface area contributed by atoms with Crippen molar-refractivity contribution in [3.63, 3.8) is 0 Å². The lowest BCUT2D eigenvalue weighted by molar-refractivity contribution is 0.0677. The Kier molecular flexibility index (Phi) is 7.03. The predicted molar refractivity (Wildman–Crippen MR) is 129 cm³/mol. The molecule has 2 aliphatic rings. The fourth-order valence-electron chi connectivity index (χ4n) is 3.88. The van der Waals surface area contributed by atoms with Crippen molar-refractivity contribution in [2.24, 2.45) is 0 Å². The number of methoxy groups -OCH3 is 1. The zero-order valence-corrected chi connectivity index (χ0v) is 20.2. The van der Waals surface area contributed by atoms with Gasteiger partial charge in [0.2, 0.25) is 0 Å². The number of ether oxygens (including phenoxy) is 2. The fourth-order valence-corrected chi connectivity index (χ4v) is 4.11. The number of cyclic esters (lactones) is 1. The number of benzene rings is 1. The topological polar surface area (TPSA) is 78.5 Å². The molecule has 2 aliphatic heterocycles. The number of anilines is 2. The number of pyridine rings is 1. The number of carbonyl (C=O) groups is 2. The van der Waals surface area contributed by atoms with Gasteiger partial charge in [0.25, 0.3) is 11.1 Å². The second-order valence-electron chi connectivity index (χ2n) is 7.81. The Morgan fingerprint density at radius 1 is 1.26 bits per heavy atom. The maximum absolute atomic E-state index is 15.0. The predicted octanol–water partition coefficient (Wildman–Crippen LogP) is 2.98. The van der Waals surface area contributed by atoms with Gasteiger partial charge in [-0.2, -0.15) is 0 Å². The summed E-state index contributed by atoms with van der Waals surface area (Å²) in [6.45, 7) is 1.99. The van der Waals surface area contributed by atoms with Crippen LogP contribution in [0.1, 0.15) is 10.4 Å². The standard InChI is InChI=1S/C22H23ClFN5O4S/c1-26(22(34)32-2)19-13-29(21(31)33-19)15-4-5-17(16(24)11-15)27-7-9-28(10-8-27)20(30)14-3-6-18(23)25-12-14/h3-6,11-12,19H,7-10,13H2,1-2H3/t19-/m0/s1. The van der Waals surface area contributed by atoms with E-state index in [0.717, 1.165) is 0 Å². The van der Waals surface area contributed by atoms with Gasteiger partial charge < -0.3 is 19.3 Å². The van der Waals surface area contributed by atoms with Gasteiger partial charge in [-0.25, -0.2) is 14.2 Å². The van der Waals surface area contributed by atoms with E-state index < -0.39 is 18.1 Å². The van der Waals surface area contributed by atoms with Gasteiger partial charge in [0.15, 0.2) is 6.23 Å². The minimum atomic E-state index is -0.635. The normalized spacial score (nSPS) is 18.1. The average Bonchev–Trinajstić information content (AvgIpc) is 3.24. The van der Waals surface area contributed by atoms with Gasteiger partial charge in [-0.3, -0.25) is 14.6 Å². The van der Waals surface area contributed by atoms with Crippen molar-refractivity contribution in [3.8, 4) is 0 Å². The molecule has 3 heterocycles. The molecule has 1 aromatic carbocycles. The highest BCUT2D eigenvalue weighted by atomic mass is 35.5. The lowest BCUT2D eigenvalue weighted by Gasteiger charge is -2.36. The zero-order chi connectivity index (χ0) is 24.4. The van der Waals surface area contributed by atoms with E-state index in [1.807, 2.05) is 4.90 Å². The number of piperazine rings is 1. The van der Waals surface area contributed by atoms with E-state index in [1.165, 1.54) is 29.2 Å². The molecule has 0 saturated carbocycles. The molecule has 0 bridgehead atoms. The SMILES string of the molecule is COC(=S)N(C)[C@@H]1CN(c2ccc(N3CCN(C(=O)c4ccc(Cl)nc4)CC3)c(F)c2)C(=O)O1. The highest BCUT2D eigenvalue weighted by Gasteiger charge is 2.36. The number of halogens is 2. The van der Waals surface area contributed by atoms with Crippen molar-refractivity contribution in [2.75, 3.05) is 56.7 Å². The molecule has 9 nitrogen and oxygen atoms in total. The van der Waals surface area contributed by atoms with Crippen LogP contribution >= 0.6 is 23.8 Å². The second-order valence-corrected chi connectivity index (χ2v) is 8.55. The summed E-state index contributed by atoms with van der Waals surface area (Å²) in [6, 6.07) is 7.83. The zero-order valence-electron chi connectivity index (χ0n) is 18.6. The van der Waals surface area contributed by atoms with Crippen LogP contribution in [-0.2, 0) is 9.47 Å². The first kappa shape index (κ1) is 24.0. The van der Waals surface area contributed by atoms with Crippen LogP contribution in [-0.4, -0.2) is 85.1 Å². The third kappa shape index (κ3) is 4.85. The van der Waals surface area contributed by atoms with Crippen molar-refractivity contribution in [1.82, 2.24) is 14.8 Å². The first-order valence-corrected chi connectivity index (χ1v) is 11.3. The summed E-state index contributed by atoms with van der Waals surface area (Å²) in [5.41, 5.74) is 1.25. The van der Waals surface area contributed by atoms with E-state index >= 15 is 4.39 Å². The van der Waals surface area contributed by atoms with E-state index in [0.29, 0.717) is 48.3 Å². The van der Waals surface area contributed by atoms with Crippen LogP contribution in [0.5, 0.6) is 0 Å². The smallest absolute Gasteiger partial charge is 0.416 e. The van der Waals surface area contributed by atoms with Crippen molar-refractivity contribution in [2.45, 2.75) is 6.23 Å². The van der Waals surface area contributed by atoms with E-state index in [2.05, 4.69) is 4.98 Å². The minimum absolute atomic E-state index is 0.139. The number of carbonyl (C=O) groups excluding carboxylic acids is 2. The third-order valence-electron chi connectivity index (χ3n) is 5.82. The Bertz CT molecular complexity index is 1100. The molecule has 0 unspecified atom stereocenters. The van der Waals surface area contributed by atoms with Gasteiger partial charge in [0.05, 0.1) is 30.6 Å². The summed E-state index contributed by atoms with van der Waals surface area (Å²) in [5.74, 6) is -0.601. The molecule has 2 amide bonds. The fraction of sp³-hybridized carbons (Fsp3) is 0.364. The molecule has 12 heteroatoms. The molecule has 4 rings (SSSR count). The van der Waals surface area contributed by atoms with Crippen LogP contribution in [0.25, 0.3) is 0 Å². The number of aromatic nitrogens is 1. The van der Waals surface area contributed by atoms with Crippen LogP contribution < -0.4 is 9.80 Å². The highest BCUT2D eigenvalue weighted by molar-refractivity contribution is 7.80. The highest BCUT2D eigenvalue weighted by Crippen LogP contribution is 2.29. The molecule has 34 heavy (non-hydrogen) atoms. The minimum Gasteiger partial charge on any atom is -0.474 e. The molecule has 0 spiro atoms. The summed E-state index contributed by atoms with van der Waals surface area (Å²) in [7, 11) is 3.09. The van der Waals surface area contributed by atoms with Gasteiger partial charge in [0.1, 0.15) is 11.0 Å². The van der Waals surface area contributed by atoms with Crippen molar-refractivity contribution in [3.05, 3.63) is 53.1 Å². The molecular formula is C22H23ClFN5O4S. The monoisotopic (exact) mass is 507 g/mol. The number of nitrogens with zero attached hydrogens (tertiary/aromatic N) is 5. The maximum Gasteiger partial charge on any atom is 0.416 e. The van der Waals surface area contributed by atoms with E-state index in [1.54, 1.807) is 36.2 Å². The van der Waals surface area contributed by atoms with Crippen LogP contribution in [0.3, 0.4) is 0 Å². The molecule has 1 aromatic heterocycles. The molecular weight excluding hydrogens is 485 g/mol. The largest absolute Gasteiger partial charge is 0.474 e. The Balaban J connectivity index is 1.39. The average molecular weight is 508 g/mol. The maximum atomic E-state index is 15.0. The number of amides is 2. The molecule has 180 valence electrons. The Labute approximate surface area is 206 Å². The van der Waals surface area contributed by atoms with Crippen molar-refractivity contribution in [1.29, 1.82) is 0 Å². The molecule has 0 radical (unpaired) electrons. The van der Waals surface area contributed by atoms with Gasteiger partial charge in [-0.1, -0.05) is 11.6 Å². The molecule has 2 saturated heterocycles. The van der Waals surface area contributed by atoms with E-state index in [9.17, 15) is 9.59 Å². The summed E-state index contributed by atoms with van der Waals surface area (Å²) >= 11 is 10.9. The number of rotatable bonds is 4. The molecule has 2 aromatic rings. The number of likely N-dealkylation sites (N-methyl/N-ethyl adjacent to an activating group) is 1. The summed E-state index contributed by atoms with van der Waals surface area (Å²) in [6.07, 6.45) is 0.222. The van der Waals surface area contributed by atoms with Crippen molar-refractivity contribution >= 4 is 52.4 Å². The Morgan fingerprint density at radius 3 is 2.62 bits per heavy atom. The molecule has 1 atom stereocenters. The van der Waals surface area contributed by atoms with Crippen LogP contribution in [0.2, 0.25) is 5.15 Å². The molecule has 0 aliphatic carbocycles. The molecule has 0 N–H and O–H groups in total. The summed E-state index contributed by atoms with van der Waals surface area (Å²) < 4.78 is 25.4. The van der Waals surface area contributed by atoms with E-state index in [-0.39, 0.29) is 17.6 Å². The lowest BCUT2D eigenvalue weighted by Crippen LogP contribution is -2.49. The quantitative estimate of drug-likeness (QED) is 0.462. The van der Waals surface area contributed by atoms with Gasteiger partial charge >= 0.3 is 6.09 Å². The third-order valence-corrected chi connectivity index (χ3v) is 6.49. The summed E-state index contributed by atoms with van der Waals surface area (Å²) in [5, 5.41) is 0.509. The summed E-state index contributed by atoms with van der Waals surface area (Å²) in [4.78, 5) is 35.4. The van der Waals surface area contributed by atoms with E-state index in [4.69, 9.17) is 33.3 Å². The number of hydrogen-bond acceptors (Lipinski definition) is 7. The van der Waals surface area contributed by atoms with Crippen LogP contribution in [0.4, 0.5) is 20.6 Å². The first-order valence-electron chi connectivity index (χ1n) is 10.5. The van der Waals surface area contributed by atoms with Gasteiger partial charge in [0, 0.05) is 39.4 Å². The number of hydrogen-bond donors (Lipinski definition) is 0. The van der Waals surface area contributed by atoms with Crippen molar-refractivity contribution < 1.29 is 23.5 Å². The Morgan fingerprint density at radius 2 is 2.00 bits per heavy atom. The first-order chi connectivity index (χ1) is 16.3. The lowest BCUT2D eigenvalue weighted by atomic mass is 10.2.